The van der Waals surface area contributed by atoms with Crippen LogP contribution in [0.2, 0.25) is 10.0 Å². The first-order chi connectivity index (χ1) is 13.7. The molecule has 1 aromatic carbocycles. The van der Waals surface area contributed by atoms with Crippen molar-refractivity contribution in [2.45, 2.75) is 19.1 Å². The quantitative estimate of drug-likeness (QED) is 0.514. The summed E-state index contributed by atoms with van der Waals surface area (Å²) >= 11 is 13.1. The molecule has 1 aliphatic heterocycles. The molecule has 2 heterocycles. The standard InChI is InChI=1S/C19H17Cl2NO5S2/c1-2-27-19(24)16-12-8-9-29(25,26)10-14(12)28-18(16)22-15(23)7-6-11-4-3-5-13(20)17(11)21/h3-7H,2,8-10H2,1H3,(H,22,23)/b7-6+. The van der Waals surface area contributed by atoms with Gasteiger partial charge in [-0.15, -0.1) is 11.3 Å². The summed E-state index contributed by atoms with van der Waals surface area (Å²) < 4.78 is 29.0. The maximum atomic E-state index is 12.4. The van der Waals surface area contributed by atoms with Gasteiger partial charge in [0.15, 0.2) is 9.84 Å². The van der Waals surface area contributed by atoms with Crippen LogP contribution in [-0.4, -0.2) is 32.7 Å². The maximum Gasteiger partial charge on any atom is 0.341 e. The fourth-order valence-electron chi connectivity index (χ4n) is 2.90. The second-order valence-corrected chi connectivity index (χ2v) is 10.3. The third-order valence-corrected chi connectivity index (χ3v) is 7.94. The summed E-state index contributed by atoms with van der Waals surface area (Å²) in [6.45, 7) is 1.85. The van der Waals surface area contributed by atoms with Crippen LogP contribution in [0, 0.1) is 0 Å². The molecule has 0 saturated carbocycles. The van der Waals surface area contributed by atoms with Crippen LogP contribution >= 0.6 is 34.5 Å². The number of halogens is 2. The van der Waals surface area contributed by atoms with Gasteiger partial charge < -0.3 is 10.1 Å². The lowest BCUT2D eigenvalue weighted by Gasteiger charge is -2.13. The topological polar surface area (TPSA) is 89.5 Å². The number of fused-ring (bicyclic) bond motifs is 1. The monoisotopic (exact) mass is 473 g/mol. The Hall–Kier alpha value is -1.87. The van der Waals surface area contributed by atoms with Gasteiger partial charge in [0.05, 0.1) is 33.7 Å². The molecule has 0 atom stereocenters. The third kappa shape index (κ3) is 5.01. The van der Waals surface area contributed by atoms with E-state index in [0.717, 1.165) is 11.3 Å². The molecule has 29 heavy (non-hydrogen) atoms. The number of anilines is 1. The van der Waals surface area contributed by atoms with Crippen molar-refractivity contribution in [3.05, 3.63) is 55.9 Å². The molecule has 3 rings (SSSR count). The van der Waals surface area contributed by atoms with Crippen LogP contribution in [0.1, 0.15) is 33.3 Å². The molecule has 1 aromatic heterocycles. The van der Waals surface area contributed by atoms with E-state index in [-0.39, 0.29) is 35.1 Å². The molecule has 6 nitrogen and oxygen atoms in total. The fraction of sp³-hybridized carbons (Fsp3) is 0.263. The Balaban J connectivity index is 1.89. The Morgan fingerprint density at radius 1 is 1.31 bits per heavy atom. The zero-order valence-corrected chi connectivity index (χ0v) is 18.5. The lowest BCUT2D eigenvalue weighted by Crippen LogP contribution is -2.20. The van der Waals surface area contributed by atoms with Gasteiger partial charge in [-0.05, 0) is 36.6 Å². The number of nitrogens with one attached hydrogen (secondary N) is 1. The van der Waals surface area contributed by atoms with Crippen molar-refractivity contribution in [3.8, 4) is 0 Å². The lowest BCUT2D eigenvalue weighted by molar-refractivity contribution is -0.111. The zero-order chi connectivity index (χ0) is 21.2. The van der Waals surface area contributed by atoms with E-state index in [1.807, 2.05) is 0 Å². The number of benzene rings is 1. The van der Waals surface area contributed by atoms with E-state index >= 15 is 0 Å². The van der Waals surface area contributed by atoms with Gasteiger partial charge in [-0.3, -0.25) is 4.79 Å². The van der Waals surface area contributed by atoms with Crippen molar-refractivity contribution in [1.82, 2.24) is 0 Å². The summed E-state index contributed by atoms with van der Waals surface area (Å²) in [5, 5.41) is 3.62. The van der Waals surface area contributed by atoms with E-state index in [0.29, 0.717) is 26.0 Å². The van der Waals surface area contributed by atoms with Gasteiger partial charge in [0.2, 0.25) is 5.91 Å². The van der Waals surface area contributed by atoms with E-state index in [9.17, 15) is 18.0 Å². The molecular weight excluding hydrogens is 457 g/mol. The highest BCUT2D eigenvalue weighted by atomic mass is 35.5. The number of carbonyl (C=O) groups excluding carboxylic acids is 2. The van der Waals surface area contributed by atoms with Crippen molar-refractivity contribution < 1.29 is 22.7 Å². The van der Waals surface area contributed by atoms with Gasteiger partial charge in [0.25, 0.3) is 0 Å². The summed E-state index contributed by atoms with van der Waals surface area (Å²) in [5.74, 6) is -1.26. The molecule has 0 aliphatic carbocycles. The average Bonchev–Trinajstić information content (AvgIpc) is 2.98. The van der Waals surface area contributed by atoms with Gasteiger partial charge in [0.1, 0.15) is 5.00 Å². The maximum absolute atomic E-state index is 12.4. The Kier molecular flexibility index (Phi) is 6.68. The van der Waals surface area contributed by atoms with E-state index < -0.39 is 21.7 Å². The van der Waals surface area contributed by atoms with Crippen LogP contribution < -0.4 is 5.32 Å². The molecule has 1 aliphatic rings. The number of sulfone groups is 1. The molecule has 0 fully saturated rings. The van der Waals surface area contributed by atoms with Gasteiger partial charge in [-0.2, -0.15) is 0 Å². The number of hydrogen-bond acceptors (Lipinski definition) is 6. The number of thiophene rings is 1. The van der Waals surface area contributed by atoms with E-state index in [2.05, 4.69) is 5.32 Å². The Labute approximate surface area is 182 Å². The van der Waals surface area contributed by atoms with Crippen molar-refractivity contribution in [3.63, 3.8) is 0 Å². The first-order valence-corrected chi connectivity index (χ1v) is 12.1. The predicted molar refractivity (Wildman–Crippen MR) is 116 cm³/mol. The number of hydrogen-bond donors (Lipinski definition) is 1. The van der Waals surface area contributed by atoms with E-state index in [4.69, 9.17) is 27.9 Å². The highest BCUT2D eigenvalue weighted by Gasteiger charge is 2.31. The highest BCUT2D eigenvalue weighted by Crippen LogP contribution is 2.38. The van der Waals surface area contributed by atoms with E-state index in [1.54, 1.807) is 25.1 Å². The second kappa shape index (κ2) is 8.87. The fourth-order valence-corrected chi connectivity index (χ4v) is 6.31. The van der Waals surface area contributed by atoms with Crippen LogP contribution in [-0.2, 0) is 31.5 Å². The summed E-state index contributed by atoms with van der Waals surface area (Å²) in [6.07, 6.45) is 2.99. The predicted octanol–water partition coefficient (Wildman–Crippen LogP) is 4.35. The molecule has 10 heteroatoms. The molecule has 0 unspecified atom stereocenters. The van der Waals surface area contributed by atoms with Gasteiger partial charge >= 0.3 is 5.97 Å². The first kappa shape index (κ1) is 21.8. The molecule has 2 aromatic rings. The van der Waals surface area contributed by atoms with Crippen molar-refractivity contribution in [2.24, 2.45) is 0 Å². The Morgan fingerprint density at radius 2 is 2.07 bits per heavy atom. The normalized spacial score (nSPS) is 15.1. The second-order valence-electron chi connectivity index (χ2n) is 6.24. The molecule has 0 spiro atoms. The molecule has 1 N–H and O–H groups in total. The van der Waals surface area contributed by atoms with Crippen LogP contribution in [0.25, 0.3) is 6.08 Å². The molecular formula is C19H17Cl2NO5S2. The molecule has 154 valence electrons. The number of esters is 1. The average molecular weight is 474 g/mol. The largest absolute Gasteiger partial charge is 0.462 e. The third-order valence-electron chi connectivity index (χ3n) is 4.22. The Bertz CT molecular complexity index is 1110. The molecule has 0 radical (unpaired) electrons. The minimum absolute atomic E-state index is 0.0380. The van der Waals surface area contributed by atoms with Crippen LogP contribution in [0.15, 0.2) is 24.3 Å². The number of rotatable bonds is 5. The number of carbonyl (C=O) groups is 2. The first-order valence-electron chi connectivity index (χ1n) is 8.67. The van der Waals surface area contributed by atoms with Crippen LogP contribution in [0.3, 0.4) is 0 Å². The SMILES string of the molecule is CCOC(=O)c1c(NC(=O)/C=C/c2cccc(Cl)c2Cl)sc2c1CCS(=O)(=O)C2. The van der Waals surface area contributed by atoms with Crippen molar-refractivity contribution >= 4 is 67.3 Å². The molecule has 1 amide bonds. The molecule has 0 saturated heterocycles. The summed E-state index contributed by atoms with van der Waals surface area (Å²) in [4.78, 5) is 25.4. The van der Waals surface area contributed by atoms with Crippen molar-refractivity contribution in [1.29, 1.82) is 0 Å². The summed E-state index contributed by atoms with van der Waals surface area (Å²) in [7, 11) is -3.22. The smallest absolute Gasteiger partial charge is 0.341 e. The van der Waals surface area contributed by atoms with E-state index in [1.165, 1.54) is 12.2 Å². The van der Waals surface area contributed by atoms with Crippen LogP contribution in [0.4, 0.5) is 5.00 Å². The number of ether oxygens (including phenoxy) is 1. The van der Waals surface area contributed by atoms with Crippen LogP contribution in [0.5, 0.6) is 0 Å². The van der Waals surface area contributed by atoms with Gasteiger partial charge in [-0.1, -0.05) is 35.3 Å². The minimum atomic E-state index is -3.22. The molecule has 0 bridgehead atoms. The lowest BCUT2D eigenvalue weighted by atomic mass is 10.1. The van der Waals surface area contributed by atoms with Gasteiger partial charge in [-0.25, -0.2) is 13.2 Å². The van der Waals surface area contributed by atoms with Crippen molar-refractivity contribution in [2.75, 3.05) is 17.7 Å². The Morgan fingerprint density at radius 3 is 2.79 bits per heavy atom. The summed E-state index contributed by atoms with van der Waals surface area (Å²) in [5.41, 5.74) is 1.42. The highest BCUT2D eigenvalue weighted by molar-refractivity contribution is 7.90. The number of amides is 1. The minimum Gasteiger partial charge on any atom is -0.462 e. The zero-order valence-electron chi connectivity index (χ0n) is 15.3. The van der Waals surface area contributed by atoms with Gasteiger partial charge in [0, 0.05) is 11.0 Å². The summed E-state index contributed by atoms with van der Waals surface area (Å²) in [6, 6.07) is 5.05.